The number of likely N-dealkylation sites (tertiary alicyclic amines) is 1. The Balaban J connectivity index is 1.92. The van der Waals surface area contributed by atoms with Crippen LogP contribution in [0.1, 0.15) is 77.4 Å². The fourth-order valence-electron chi connectivity index (χ4n) is 4.33. The Kier molecular flexibility index (Phi) is 5.00. The number of piperidine rings is 1. The summed E-state index contributed by atoms with van der Waals surface area (Å²) in [7, 11) is 0. The zero-order valence-corrected chi connectivity index (χ0v) is 17.3. The fraction of sp³-hybridized carbons (Fsp3) is 0.762. The van der Waals surface area contributed by atoms with Gasteiger partial charge < -0.3 is 15.0 Å². The molecule has 1 aliphatic carbocycles. The molecule has 2 heterocycles. The standard InChI is InChI=1S/C21H33N3O3/c1-19(2,3)18-22-16-14(17(27)23-18)7-9-21(16)8-6-10-24(12-21)15(26)11-20(4,5)13-25/h25H,6-13H2,1-5H3,(H,22,23,27). The van der Waals surface area contributed by atoms with E-state index in [9.17, 15) is 14.7 Å². The second kappa shape index (κ2) is 6.73. The van der Waals surface area contributed by atoms with Crippen molar-refractivity contribution >= 4 is 5.91 Å². The van der Waals surface area contributed by atoms with Crippen LogP contribution in [-0.2, 0) is 22.0 Å². The van der Waals surface area contributed by atoms with E-state index < -0.39 is 5.41 Å². The summed E-state index contributed by atoms with van der Waals surface area (Å²) in [5.74, 6) is 0.805. The molecule has 0 bridgehead atoms. The molecule has 150 valence electrons. The van der Waals surface area contributed by atoms with Crippen molar-refractivity contribution in [3.8, 4) is 0 Å². The molecule has 2 aliphatic rings. The number of hydrogen-bond acceptors (Lipinski definition) is 4. The van der Waals surface area contributed by atoms with E-state index >= 15 is 0 Å². The third-order valence-electron chi connectivity index (χ3n) is 6.07. The van der Waals surface area contributed by atoms with Crippen LogP contribution in [-0.4, -0.2) is 45.6 Å². The highest BCUT2D eigenvalue weighted by Crippen LogP contribution is 2.43. The minimum Gasteiger partial charge on any atom is -0.396 e. The van der Waals surface area contributed by atoms with Gasteiger partial charge in [-0.15, -0.1) is 0 Å². The first-order valence-corrected chi connectivity index (χ1v) is 10.0. The van der Waals surface area contributed by atoms with Gasteiger partial charge in [0.2, 0.25) is 5.91 Å². The summed E-state index contributed by atoms with van der Waals surface area (Å²) in [6.45, 7) is 11.3. The quantitative estimate of drug-likeness (QED) is 0.849. The molecule has 6 heteroatoms. The van der Waals surface area contributed by atoms with Crippen LogP contribution in [0.15, 0.2) is 4.79 Å². The highest BCUT2D eigenvalue weighted by molar-refractivity contribution is 5.77. The van der Waals surface area contributed by atoms with Gasteiger partial charge in [0.15, 0.2) is 0 Å². The number of aliphatic hydroxyl groups is 1. The molecule has 0 aromatic carbocycles. The molecule has 1 aromatic rings. The number of hydrogen-bond donors (Lipinski definition) is 2. The van der Waals surface area contributed by atoms with E-state index in [1.165, 1.54) is 0 Å². The summed E-state index contributed by atoms with van der Waals surface area (Å²) in [6, 6.07) is 0. The Labute approximate surface area is 161 Å². The van der Waals surface area contributed by atoms with Crippen LogP contribution in [0.2, 0.25) is 0 Å². The number of nitrogens with zero attached hydrogens (tertiary/aromatic N) is 2. The number of aromatic amines is 1. The van der Waals surface area contributed by atoms with Gasteiger partial charge in [0.1, 0.15) is 5.82 Å². The summed E-state index contributed by atoms with van der Waals surface area (Å²) < 4.78 is 0. The molecule has 1 aromatic heterocycles. The highest BCUT2D eigenvalue weighted by atomic mass is 16.3. The smallest absolute Gasteiger partial charge is 0.254 e. The normalized spacial score (nSPS) is 23.0. The number of H-pyrrole nitrogens is 1. The van der Waals surface area contributed by atoms with E-state index in [4.69, 9.17) is 4.98 Å². The van der Waals surface area contributed by atoms with Crippen LogP contribution in [0.3, 0.4) is 0 Å². The van der Waals surface area contributed by atoms with Crippen molar-refractivity contribution in [1.29, 1.82) is 0 Å². The average molecular weight is 376 g/mol. The third-order valence-corrected chi connectivity index (χ3v) is 6.07. The number of aromatic nitrogens is 2. The molecule has 27 heavy (non-hydrogen) atoms. The van der Waals surface area contributed by atoms with Crippen molar-refractivity contribution < 1.29 is 9.90 Å². The topological polar surface area (TPSA) is 86.3 Å². The summed E-state index contributed by atoms with van der Waals surface area (Å²) in [5, 5.41) is 9.49. The SMILES string of the molecule is CC(C)(CO)CC(=O)N1CCCC2(CCc3c2nc(C(C)(C)C)[nH]c3=O)C1. The van der Waals surface area contributed by atoms with Gasteiger partial charge >= 0.3 is 0 Å². The van der Waals surface area contributed by atoms with Gasteiger partial charge in [-0.3, -0.25) is 9.59 Å². The third kappa shape index (κ3) is 3.82. The number of fused-ring (bicyclic) bond motifs is 2. The van der Waals surface area contributed by atoms with E-state index in [-0.39, 0.29) is 28.9 Å². The molecular formula is C21H33N3O3. The first-order valence-electron chi connectivity index (χ1n) is 10.0. The molecule has 2 N–H and O–H groups in total. The van der Waals surface area contributed by atoms with Crippen molar-refractivity contribution in [2.24, 2.45) is 5.41 Å². The predicted molar refractivity (Wildman–Crippen MR) is 105 cm³/mol. The van der Waals surface area contributed by atoms with Crippen molar-refractivity contribution in [3.63, 3.8) is 0 Å². The minimum atomic E-state index is -0.413. The fourth-order valence-corrected chi connectivity index (χ4v) is 4.33. The molecule has 0 radical (unpaired) electrons. The molecule has 1 atom stereocenters. The van der Waals surface area contributed by atoms with Gasteiger partial charge in [0.25, 0.3) is 5.56 Å². The predicted octanol–water partition coefficient (Wildman–Crippen LogP) is 2.28. The van der Waals surface area contributed by atoms with Crippen LogP contribution in [0, 0.1) is 5.41 Å². The zero-order chi connectivity index (χ0) is 20.0. The lowest BCUT2D eigenvalue weighted by atomic mass is 9.77. The number of carbonyl (C=O) groups excluding carboxylic acids is 1. The Morgan fingerprint density at radius 1 is 1.26 bits per heavy atom. The Morgan fingerprint density at radius 2 is 1.96 bits per heavy atom. The number of amides is 1. The van der Waals surface area contributed by atoms with Crippen molar-refractivity contribution in [1.82, 2.24) is 14.9 Å². The largest absolute Gasteiger partial charge is 0.396 e. The van der Waals surface area contributed by atoms with Crippen molar-refractivity contribution in [2.75, 3.05) is 19.7 Å². The lowest BCUT2D eigenvalue weighted by Crippen LogP contribution is -2.49. The average Bonchev–Trinajstić information content (AvgIpc) is 2.92. The molecule has 1 aliphatic heterocycles. The molecule has 0 saturated carbocycles. The lowest BCUT2D eigenvalue weighted by Gasteiger charge is -2.41. The van der Waals surface area contributed by atoms with Gasteiger partial charge in [-0.2, -0.15) is 0 Å². The van der Waals surface area contributed by atoms with Crippen LogP contribution in [0.4, 0.5) is 0 Å². The second-order valence-corrected chi connectivity index (χ2v) is 10.2. The summed E-state index contributed by atoms with van der Waals surface area (Å²) in [4.78, 5) is 35.3. The van der Waals surface area contributed by atoms with Crippen LogP contribution in [0.5, 0.6) is 0 Å². The Morgan fingerprint density at radius 3 is 2.59 bits per heavy atom. The maximum atomic E-state index is 12.8. The van der Waals surface area contributed by atoms with Crippen LogP contribution < -0.4 is 5.56 Å². The first-order chi connectivity index (χ1) is 12.5. The molecule has 1 amide bonds. The molecule has 1 spiro atoms. The van der Waals surface area contributed by atoms with Crippen molar-refractivity contribution in [3.05, 3.63) is 27.4 Å². The minimum absolute atomic E-state index is 0.00751. The van der Waals surface area contributed by atoms with E-state index in [0.29, 0.717) is 13.0 Å². The highest BCUT2D eigenvalue weighted by Gasteiger charge is 2.46. The summed E-state index contributed by atoms with van der Waals surface area (Å²) >= 11 is 0. The van der Waals surface area contributed by atoms with E-state index in [0.717, 1.165) is 49.3 Å². The second-order valence-electron chi connectivity index (χ2n) is 10.2. The van der Waals surface area contributed by atoms with Gasteiger partial charge in [0, 0.05) is 42.5 Å². The summed E-state index contributed by atoms with van der Waals surface area (Å²) in [6.07, 6.45) is 3.82. The maximum absolute atomic E-state index is 12.8. The zero-order valence-electron chi connectivity index (χ0n) is 17.3. The first kappa shape index (κ1) is 20.1. The molecule has 3 rings (SSSR count). The van der Waals surface area contributed by atoms with Gasteiger partial charge in [0.05, 0.1) is 5.69 Å². The van der Waals surface area contributed by atoms with Crippen molar-refractivity contribution in [2.45, 2.75) is 77.6 Å². The van der Waals surface area contributed by atoms with Crippen LogP contribution in [0.25, 0.3) is 0 Å². The summed E-state index contributed by atoms with van der Waals surface area (Å²) in [5.41, 5.74) is 0.841. The Bertz CT molecular complexity index is 791. The van der Waals surface area contributed by atoms with Gasteiger partial charge in [-0.1, -0.05) is 34.6 Å². The van der Waals surface area contributed by atoms with E-state index in [1.54, 1.807) is 0 Å². The monoisotopic (exact) mass is 375 g/mol. The lowest BCUT2D eigenvalue weighted by molar-refractivity contribution is -0.136. The molecular weight excluding hydrogens is 342 g/mol. The number of aliphatic hydroxyl groups excluding tert-OH is 1. The molecule has 1 fully saturated rings. The van der Waals surface area contributed by atoms with E-state index in [2.05, 4.69) is 4.98 Å². The van der Waals surface area contributed by atoms with Gasteiger partial charge in [-0.05, 0) is 31.1 Å². The van der Waals surface area contributed by atoms with Gasteiger partial charge in [-0.25, -0.2) is 4.98 Å². The Hall–Kier alpha value is -1.69. The van der Waals surface area contributed by atoms with E-state index in [1.807, 2.05) is 39.5 Å². The molecule has 1 unspecified atom stereocenters. The number of rotatable bonds is 3. The molecule has 6 nitrogen and oxygen atoms in total. The maximum Gasteiger partial charge on any atom is 0.254 e. The molecule has 1 saturated heterocycles. The number of nitrogens with one attached hydrogen (secondary N) is 1. The van der Waals surface area contributed by atoms with Crippen LogP contribution >= 0.6 is 0 Å². The number of carbonyl (C=O) groups is 1.